The summed E-state index contributed by atoms with van der Waals surface area (Å²) in [6.07, 6.45) is 6.80. The van der Waals surface area contributed by atoms with Gasteiger partial charge in [0, 0.05) is 18.6 Å². The Morgan fingerprint density at radius 2 is 1.89 bits per heavy atom. The van der Waals surface area contributed by atoms with Crippen molar-refractivity contribution in [2.75, 3.05) is 13.1 Å². The summed E-state index contributed by atoms with van der Waals surface area (Å²) in [6.45, 7) is 2.09. The molecule has 0 bridgehead atoms. The molecule has 1 saturated carbocycles. The molecular weight excluding hydrogens is 239 g/mol. The Morgan fingerprint density at radius 3 is 2.68 bits per heavy atom. The molecule has 1 aromatic rings. The van der Waals surface area contributed by atoms with E-state index in [0.717, 1.165) is 24.1 Å². The maximum Gasteiger partial charge on any atom is 0.123 e. The molecule has 0 radical (unpaired) electrons. The van der Waals surface area contributed by atoms with Crippen molar-refractivity contribution in [3.8, 4) is 0 Å². The number of rotatable bonds is 3. The van der Waals surface area contributed by atoms with Crippen LogP contribution in [0.1, 0.15) is 43.7 Å². The molecular formula is C16H23FN2. The lowest BCUT2D eigenvalue weighted by Crippen LogP contribution is -2.45. The molecule has 0 amide bonds. The lowest BCUT2D eigenvalue weighted by molar-refractivity contribution is 0.106. The van der Waals surface area contributed by atoms with E-state index in [1.807, 2.05) is 12.1 Å². The van der Waals surface area contributed by atoms with E-state index in [9.17, 15) is 4.39 Å². The van der Waals surface area contributed by atoms with Crippen molar-refractivity contribution in [3.63, 3.8) is 0 Å². The van der Waals surface area contributed by atoms with Crippen molar-refractivity contribution < 1.29 is 4.39 Å². The van der Waals surface area contributed by atoms with E-state index in [1.165, 1.54) is 50.8 Å². The standard InChI is InChI=1S/C16H23FN2/c17-14-8-6-12(7-9-14)15(18)11-19-10-2-4-13-3-1-5-16(13)19/h6-9,13,15-16H,1-5,10-11,18H2. The van der Waals surface area contributed by atoms with Crippen molar-refractivity contribution in [2.45, 2.75) is 44.2 Å². The summed E-state index contributed by atoms with van der Waals surface area (Å²) >= 11 is 0. The molecule has 1 aromatic carbocycles. The third kappa shape index (κ3) is 2.82. The first-order valence-electron chi connectivity index (χ1n) is 7.49. The first kappa shape index (κ1) is 13.1. The largest absolute Gasteiger partial charge is 0.323 e. The normalized spacial score (nSPS) is 29.2. The van der Waals surface area contributed by atoms with E-state index in [1.54, 1.807) is 0 Å². The van der Waals surface area contributed by atoms with Crippen molar-refractivity contribution in [3.05, 3.63) is 35.6 Å². The van der Waals surface area contributed by atoms with Gasteiger partial charge in [0.25, 0.3) is 0 Å². The number of benzene rings is 1. The van der Waals surface area contributed by atoms with Crippen molar-refractivity contribution in [2.24, 2.45) is 11.7 Å². The smallest absolute Gasteiger partial charge is 0.123 e. The molecule has 2 nitrogen and oxygen atoms in total. The van der Waals surface area contributed by atoms with Crippen LogP contribution in [0, 0.1) is 11.7 Å². The van der Waals surface area contributed by atoms with Crippen molar-refractivity contribution in [1.82, 2.24) is 4.90 Å². The molecule has 2 fully saturated rings. The quantitative estimate of drug-likeness (QED) is 0.907. The van der Waals surface area contributed by atoms with Crippen molar-refractivity contribution >= 4 is 0 Å². The van der Waals surface area contributed by atoms with Crippen LogP contribution in [0.25, 0.3) is 0 Å². The zero-order valence-electron chi connectivity index (χ0n) is 11.4. The third-order valence-electron chi connectivity index (χ3n) is 4.84. The van der Waals surface area contributed by atoms with Crippen molar-refractivity contribution in [1.29, 1.82) is 0 Å². The van der Waals surface area contributed by atoms with Gasteiger partial charge in [-0.05, 0) is 55.8 Å². The summed E-state index contributed by atoms with van der Waals surface area (Å²) in [7, 11) is 0. The molecule has 0 spiro atoms. The Balaban J connectivity index is 1.65. The van der Waals surface area contributed by atoms with E-state index in [4.69, 9.17) is 5.73 Å². The summed E-state index contributed by atoms with van der Waals surface area (Å²) < 4.78 is 12.9. The van der Waals surface area contributed by atoms with Gasteiger partial charge in [0.15, 0.2) is 0 Å². The van der Waals surface area contributed by atoms with E-state index in [-0.39, 0.29) is 11.9 Å². The lowest BCUT2D eigenvalue weighted by Gasteiger charge is -2.39. The minimum Gasteiger partial charge on any atom is -0.323 e. The van der Waals surface area contributed by atoms with Crippen LogP contribution in [0.4, 0.5) is 4.39 Å². The van der Waals surface area contributed by atoms with Crippen LogP contribution in [0.15, 0.2) is 24.3 Å². The molecule has 2 N–H and O–H groups in total. The van der Waals surface area contributed by atoms with E-state index in [0.29, 0.717) is 0 Å². The zero-order valence-corrected chi connectivity index (χ0v) is 11.4. The number of halogens is 1. The Hall–Kier alpha value is -0.930. The molecule has 3 heteroatoms. The highest BCUT2D eigenvalue weighted by atomic mass is 19.1. The number of nitrogens with zero attached hydrogens (tertiary/aromatic N) is 1. The Kier molecular flexibility index (Phi) is 3.85. The fourth-order valence-electron chi connectivity index (χ4n) is 3.85. The van der Waals surface area contributed by atoms with E-state index < -0.39 is 0 Å². The van der Waals surface area contributed by atoms with E-state index in [2.05, 4.69) is 4.90 Å². The van der Waals surface area contributed by atoms with Gasteiger partial charge in [-0.15, -0.1) is 0 Å². The van der Waals surface area contributed by atoms with Gasteiger partial charge >= 0.3 is 0 Å². The third-order valence-corrected chi connectivity index (χ3v) is 4.84. The van der Waals surface area contributed by atoms with Gasteiger partial charge in [0.1, 0.15) is 5.82 Å². The Labute approximate surface area is 114 Å². The van der Waals surface area contributed by atoms with Crippen LogP contribution in [0.2, 0.25) is 0 Å². The monoisotopic (exact) mass is 262 g/mol. The first-order valence-corrected chi connectivity index (χ1v) is 7.49. The number of piperidine rings is 1. The number of nitrogens with two attached hydrogens (primary N) is 1. The van der Waals surface area contributed by atoms with Gasteiger partial charge in [-0.2, -0.15) is 0 Å². The SMILES string of the molecule is NC(CN1CCCC2CCCC21)c1ccc(F)cc1. The van der Waals surface area contributed by atoms with E-state index >= 15 is 0 Å². The molecule has 2 aliphatic rings. The highest BCUT2D eigenvalue weighted by Gasteiger charge is 2.35. The molecule has 1 aliphatic heterocycles. The van der Waals surface area contributed by atoms with Gasteiger partial charge < -0.3 is 5.73 Å². The van der Waals surface area contributed by atoms with Crippen LogP contribution in [0.5, 0.6) is 0 Å². The number of hydrogen-bond donors (Lipinski definition) is 1. The van der Waals surface area contributed by atoms with Crippen LogP contribution < -0.4 is 5.73 Å². The molecule has 3 rings (SSSR count). The second-order valence-electron chi connectivity index (χ2n) is 6.05. The predicted octanol–water partition coefficient (Wildman–Crippen LogP) is 3.09. The average Bonchev–Trinajstić information content (AvgIpc) is 2.89. The average molecular weight is 262 g/mol. The predicted molar refractivity (Wildman–Crippen MR) is 75.3 cm³/mol. The molecule has 1 saturated heterocycles. The minimum atomic E-state index is -0.190. The Morgan fingerprint density at radius 1 is 1.16 bits per heavy atom. The van der Waals surface area contributed by atoms with Crippen LogP contribution in [0.3, 0.4) is 0 Å². The van der Waals surface area contributed by atoms with Gasteiger partial charge in [-0.1, -0.05) is 18.6 Å². The second-order valence-corrected chi connectivity index (χ2v) is 6.05. The Bertz CT molecular complexity index is 417. The van der Waals surface area contributed by atoms with Crippen LogP contribution in [-0.4, -0.2) is 24.0 Å². The molecule has 3 atom stereocenters. The maximum atomic E-state index is 12.9. The van der Waals surface area contributed by atoms with Gasteiger partial charge in [0.05, 0.1) is 0 Å². The summed E-state index contributed by atoms with van der Waals surface area (Å²) in [5.41, 5.74) is 7.34. The number of fused-ring (bicyclic) bond motifs is 1. The summed E-state index contributed by atoms with van der Waals surface area (Å²) in [5.74, 6) is 0.707. The minimum absolute atomic E-state index is 0.0000463. The molecule has 1 aliphatic carbocycles. The number of hydrogen-bond acceptors (Lipinski definition) is 2. The van der Waals surface area contributed by atoms with Gasteiger partial charge in [-0.3, -0.25) is 4.90 Å². The fraction of sp³-hybridized carbons (Fsp3) is 0.625. The van der Waals surface area contributed by atoms with Gasteiger partial charge in [-0.25, -0.2) is 4.39 Å². The number of likely N-dealkylation sites (tertiary alicyclic amines) is 1. The molecule has 3 unspecified atom stereocenters. The van der Waals surface area contributed by atoms with Crippen LogP contribution in [-0.2, 0) is 0 Å². The molecule has 1 heterocycles. The zero-order chi connectivity index (χ0) is 13.2. The fourth-order valence-corrected chi connectivity index (χ4v) is 3.85. The molecule has 104 valence electrons. The maximum absolute atomic E-state index is 12.9. The molecule has 19 heavy (non-hydrogen) atoms. The van der Waals surface area contributed by atoms with Gasteiger partial charge in [0.2, 0.25) is 0 Å². The highest BCUT2D eigenvalue weighted by Crippen LogP contribution is 2.37. The first-order chi connectivity index (χ1) is 9.24. The van der Waals surface area contributed by atoms with Crippen LogP contribution >= 0.6 is 0 Å². The summed E-state index contributed by atoms with van der Waals surface area (Å²) in [5, 5.41) is 0. The lowest BCUT2D eigenvalue weighted by atomic mass is 9.91. The topological polar surface area (TPSA) is 29.3 Å². The second kappa shape index (κ2) is 5.59. The summed E-state index contributed by atoms with van der Waals surface area (Å²) in [6, 6.07) is 7.39. The molecule has 0 aromatic heterocycles. The highest BCUT2D eigenvalue weighted by molar-refractivity contribution is 5.20. The summed E-state index contributed by atoms with van der Waals surface area (Å²) in [4.78, 5) is 2.58.